The Labute approximate surface area is 197 Å². The number of benzene rings is 2. The van der Waals surface area contributed by atoms with Crippen molar-refractivity contribution in [2.45, 2.75) is 36.9 Å². The van der Waals surface area contributed by atoms with Gasteiger partial charge in [0.2, 0.25) is 5.91 Å². The summed E-state index contributed by atoms with van der Waals surface area (Å²) in [5.41, 5.74) is 0.239. The molecule has 3 aromatic rings. The van der Waals surface area contributed by atoms with Gasteiger partial charge in [-0.1, -0.05) is 36.2 Å². The van der Waals surface area contributed by atoms with E-state index in [1.165, 1.54) is 12.1 Å². The molecule has 0 radical (unpaired) electrons. The number of fused-ring (bicyclic) bond motifs is 1. The Morgan fingerprint density at radius 3 is 2.76 bits per heavy atom. The summed E-state index contributed by atoms with van der Waals surface area (Å²) < 4.78 is 1.67. The standard InChI is InChI=1S/C22H18ClN5O4S/c23-14-5-7-17-19(10-14)26-22(27(21(17)30)15-3-1-2-4-15)33-12-20(29)25-18-8-6-16(28(31)32)9-13(18)11-24/h5-10,15H,1-4,12H2,(H,25,29). The predicted molar refractivity (Wildman–Crippen MR) is 126 cm³/mol. The Kier molecular flexibility index (Phi) is 6.62. The van der Waals surface area contributed by atoms with Gasteiger partial charge in [-0.15, -0.1) is 0 Å². The SMILES string of the molecule is N#Cc1cc([N+](=O)[O-])ccc1NC(=O)CSc1nc2cc(Cl)ccc2c(=O)n1C1CCCC1. The molecule has 1 amide bonds. The van der Waals surface area contributed by atoms with E-state index in [1.807, 2.05) is 6.07 Å². The molecule has 1 aliphatic rings. The number of anilines is 1. The molecule has 168 valence electrons. The van der Waals surface area contributed by atoms with Crippen LogP contribution < -0.4 is 10.9 Å². The van der Waals surface area contributed by atoms with E-state index in [2.05, 4.69) is 10.3 Å². The third kappa shape index (κ3) is 4.84. The second-order valence-corrected chi connectivity index (χ2v) is 8.98. The fraction of sp³-hybridized carbons (Fsp3) is 0.273. The van der Waals surface area contributed by atoms with Gasteiger partial charge in [-0.3, -0.25) is 24.3 Å². The molecular formula is C22H18ClN5O4S. The lowest BCUT2D eigenvalue weighted by molar-refractivity contribution is -0.384. The summed E-state index contributed by atoms with van der Waals surface area (Å²) in [6.07, 6.45) is 3.79. The summed E-state index contributed by atoms with van der Waals surface area (Å²) in [5.74, 6) is -0.489. The summed E-state index contributed by atoms with van der Waals surface area (Å²) in [4.78, 5) is 40.7. The minimum Gasteiger partial charge on any atom is -0.324 e. The van der Waals surface area contributed by atoms with Crippen LogP contribution >= 0.6 is 23.4 Å². The number of aromatic nitrogens is 2. The van der Waals surface area contributed by atoms with Crippen molar-refractivity contribution < 1.29 is 9.72 Å². The third-order valence-corrected chi connectivity index (χ3v) is 6.65. The third-order valence-electron chi connectivity index (χ3n) is 5.46. The maximum Gasteiger partial charge on any atom is 0.270 e. The van der Waals surface area contributed by atoms with Crippen LogP contribution in [0.4, 0.5) is 11.4 Å². The summed E-state index contributed by atoms with van der Waals surface area (Å²) in [6, 6.07) is 10.5. The topological polar surface area (TPSA) is 131 Å². The number of thioether (sulfide) groups is 1. The Morgan fingerprint density at radius 2 is 2.06 bits per heavy atom. The van der Waals surface area contributed by atoms with Crippen molar-refractivity contribution >= 4 is 51.5 Å². The molecule has 1 heterocycles. The zero-order valence-corrected chi connectivity index (χ0v) is 18.9. The van der Waals surface area contributed by atoms with Gasteiger partial charge in [0.05, 0.1) is 32.8 Å². The summed E-state index contributed by atoms with van der Waals surface area (Å²) >= 11 is 7.20. The Balaban J connectivity index is 1.59. The molecule has 0 aliphatic heterocycles. The minimum absolute atomic E-state index is 0.0103. The molecule has 0 saturated heterocycles. The number of rotatable bonds is 6. The van der Waals surface area contributed by atoms with Crippen LogP contribution in [-0.4, -0.2) is 26.1 Å². The van der Waals surface area contributed by atoms with Crippen LogP contribution in [0.25, 0.3) is 10.9 Å². The van der Waals surface area contributed by atoms with Crippen molar-refractivity contribution in [2.75, 3.05) is 11.1 Å². The van der Waals surface area contributed by atoms with Crippen LogP contribution in [-0.2, 0) is 4.79 Å². The highest BCUT2D eigenvalue weighted by atomic mass is 35.5. The molecule has 1 fully saturated rings. The molecular weight excluding hydrogens is 466 g/mol. The molecule has 2 aromatic carbocycles. The number of hydrogen-bond donors (Lipinski definition) is 1. The van der Waals surface area contributed by atoms with Crippen LogP contribution in [0.2, 0.25) is 5.02 Å². The van der Waals surface area contributed by atoms with Gasteiger partial charge < -0.3 is 5.32 Å². The van der Waals surface area contributed by atoms with Gasteiger partial charge in [0.15, 0.2) is 5.16 Å². The number of carbonyl (C=O) groups excluding carboxylic acids is 1. The molecule has 1 aliphatic carbocycles. The fourth-order valence-corrected chi connectivity index (χ4v) is 4.93. The van der Waals surface area contributed by atoms with E-state index in [9.17, 15) is 25.0 Å². The zero-order valence-electron chi connectivity index (χ0n) is 17.3. The number of nitro benzene ring substituents is 1. The molecule has 33 heavy (non-hydrogen) atoms. The van der Waals surface area contributed by atoms with E-state index >= 15 is 0 Å². The van der Waals surface area contributed by atoms with E-state index in [4.69, 9.17) is 11.6 Å². The highest BCUT2D eigenvalue weighted by Gasteiger charge is 2.24. The lowest BCUT2D eigenvalue weighted by Gasteiger charge is -2.18. The summed E-state index contributed by atoms with van der Waals surface area (Å²) in [5, 5.41) is 24.2. The van der Waals surface area contributed by atoms with Gasteiger partial charge in [-0.25, -0.2) is 4.98 Å². The van der Waals surface area contributed by atoms with Crippen molar-refractivity contribution in [3.05, 3.63) is 67.5 Å². The van der Waals surface area contributed by atoms with E-state index < -0.39 is 10.8 Å². The smallest absolute Gasteiger partial charge is 0.270 e. The van der Waals surface area contributed by atoms with E-state index in [1.54, 1.807) is 22.8 Å². The average molecular weight is 484 g/mol. The highest BCUT2D eigenvalue weighted by molar-refractivity contribution is 7.99. The Hall–Kier alpha value is -3.42. The fourth-order valence-electron chi connectivity index (χ4n) is 3.90. The first kappa shape index (κ1) is 22.8. The largest absolute Gasteiger partial charge is 0.324 e. The first-order valence-corrected chi connectivity index (χ1v) is 11.6. The first-order valence-electron chi connectivity index (χ1n) is 10.2. The molecule has 0 bridgehead atoms. The van der Waals surface area contributed by atoms with Crippen molar-refractivity contribution in [3.63, 3.8) is 0 Å². The zero-order chi connectivity index (χ0) is 23.5. The number of nitrogens with one attached hydrogen (secondary N) is 1. The Morgan fingerprint density at radius 1 is 1.30 bits per heavy atom. The van der Waals surface area contributed by atoms with Gasteiger partial charge in [-0.2, -0.15) is 5.26 Å². The number of nitriles is 1. The van der Waals surface area contributed by atoms with Crippen molar-refractivity contribution in [1.29, 1.82) is 5.26 Å². The molecule has 0 unspecified atom stereocenters. The van der Waals surface area contributed by atoms with Gasteiger partial charge in [0.25, 0.3) is 11.2 Å². The maximum absolute atomic E-state index is 13.2. The number of non-ortho nitro benzene ring substituents is 1. The Bertz CT molecular complexity index is 1360. The monoisotopic (exact) mass is 483 g/mol. The summed E-state index contributed by atoms with van der Waals surface area (Å²) in [7, 11) is 0. The van der Waals surface area contributed by atoms with E-state index in [0.29, 0.717) is 21.1 Å². The van der Waals surface area contributed by atoms with Crippen LogP contribution in [0.15, 0.2) is 46.3 Å². The molecule has 1 N–H and O–H groups in total. The summed E-state index contributed by atoms with van der Waals surface area (Å²) in [6.45, 7) is 0. The van der Waals surface area contributed by atoms with Crippen molar-refractivity contribution in [3.8, 4) is 6.07 Å². The number of halogens is 1. The molecule has 0 atom stereocenters. The number of nitrogens with zero attached hydrogens (tertiary/aromatic N) is 4. The molecule has 0 spiro atoms. The van der Waals surface area contributed by atoms with E-state index in [0.717, 1.165) is 43.5 Å². The van der Waals surface area contributed by atoms with Crippen LogP contribution in [0, 0.1) is 21.4 Å². The molecule has 9 nitrogen and oxygen atoms in total. The molecule has 11 heteroatoms. The van der Waals surface area contributed by atoms with Crippen molar-refractivity contribution in [2.24, 2.45) is 0 Å². The highest BCUT2D eigenvalue weighted by Crippen LogP contribution is 2.32. The van der Waals surface area contributed by atoms with Crippen LogP contribution in [0.5, 0.6) is 0 Å². The number of carbonyl (C=O) groups is 1. The van der Waals surface area contributed by atoms with E-state index in [-0.39, 0.29) is 34.3 Å². The van der Waals surface area contributed by atoms with Crippen LogP contribution in [0.3, 0.4) is 0 Å². The lowest BCUT2D eigenvalue weighted by atomic mass is 10.1. The van der Waals surface area contributed by atoms with Gasteiger partial charge in [0.1, 0.15) is 6.07 Å². The normalized spacial score (nSPS) is 13.7. The van der Waals surface area contributed by atoms with Gasteiger partial charge in [-0.05, 0) is 37.1 Å². The second-order valence-electron chi connectivity index (χ2n) is 7.60. The molecule has 1 saturated carbocycles. The maximum atomic E-state index is 13.2. The first-order chi connectivity index (χ1) is 15.9. The predicted octanol–water partition coefficient (Wildman–Crippen LogP) is 4.68. The molecule has 4 rings (SSSR count). The van der Waals surface area contributed by atoms with Gasteiger partial charge >= 0.3 is 0 Å². The van der Waals surface area contributed by atoms with Crippen LogP contribution in [0.1, 0.15) is 37.3 Å². The van der Waals surface area contributed by atoms with Crippen molar-refractivity contribution in [1.82, 2.24) is 9.55 Å². The van der Waals surface area contributed by atoms with Gasteiger partial charge in [0, 0.05) is 23.2 Å². The molecule has 1 aromatic heterocycles. The average Bonchev–Trinajstić information content (AvgIpc) is 3.32. The number of amides is 1. The number of hydrogen-bond acceptors (Lipinski definition) is 7. The second kappa shape index (κ2) is 9.60. The lowest BCUT2D eigenvalue weighted by Crippen LogP contribution is -2.27. The minimum atomic E-state index is -0.609. The number of nitro groups is 1. The quantitative estimate of drug-likeness (QED) is 0.233.